The molecule has 0 spiro atoms. The Morgan fingerprint density at radius 1 is 1.08 bits per heavy atom. The van der Waals surface area contributed by atoms with Crippen molar-refractivity contribution in [2.75, 3.05) is 32.1 Å². The minimum Gasteiger partial charge on any atom is -0.492 e. The quantitative estimate of drug-likeness (QED) is 0.770. The van der Waals surface area contributed by atoms with Gasteiger partial charge in [0.05, 0.1) is 30.7 Å². The number of anilines is 1. The fourth-order valence-electron chi connectivity index (χ4n) is 3.12. The third-order valence-corrected chi connectivity index (χ3v) is 4.40. The van der Waals surface area contributed by atoms with Crippen LogP contribution in [0.5, 0.6) is 5.75 Å². The topological polar surface area (TPSA) is 59.1 Å². The van der Waals surface area contributed by atoms with E-state index in [0.717, 1.165) is 25.1 Å². The Bertz CT molecular complexity index is 576. The van der Waals surface area contributed by atoms with Crippen LogP contribution in [0.3, 0.4) is 0 Å². The predicted octanol–water partition coefficient (Wildman–Crippen LogP) is 1.83. The molecule has 130 valence electrons. The molecule has 2 aliphatic rings. The molecule has 0 aliphatic carbocycles. The van der Waals surface area contributed by atoms with E-state index in [9.17, 15) is 9.59 Å². The molecule has 2 heterocycles. The Balaban J connectivity index is 1.69. The number of amides is 2. The number of hydrogen-bond donors (Lipinski definition) is 0. The van der Waals surface area contributed by atoms with Crippen molar-refractivity contribution in [1.82, 2.24) is 4.90 Å². The average molecular weight is 332 g/mol. The molecule has 1 aromatic carbocycles. The number of ether oxygens (including phenoxy) is 2. The molecule has 2 atom stereocenters. The number of nitrogens with zero attached hydrogens (tertiary/aromatic N) is 2. The first-order valence-corrected chi connectivity index (χ1v) is 8.42. The molecule has 2 amide bonds. The zero-order chi connectivity index (χ0) is 17.1. The van der Waals surface area contributed by atoms with Crippen LogP contribution in [0, 0.1) is 0 Å². The van der Waals surface area contributed by atoms with Gasteiger partial charge in [-0.25, -0.2) is 0 Å². The molecule has 3 rings (SSSR count). The predicted molar refractivity (Wildman–Crippen MR) is 90.1 cm³/mol. The van der Waals surface area contributed by atoms with Crippen LogP contribution in [0.1, 0.15) is 25.7 Å². The van der Waals surface area contributed by atoms with E-state index in [-0.39, 0.29) is 36.9 Å². The van der Waals surface area contributed by atoms with E-state index in [1.807, 2.05) is 19.0 Å². The van der Waals surface area contributed by atoms with Crippen molar-refractivity contribution in [3.63, 3.8) is 0 Å². The van der Waals surface area contributed by atoms with Gasteiger partial charge in [-0.1, -0.05) is 0 Å². The van der Waals surface area contributed by atoms with Crippen LogP contribution in [-0.4, -0.2) is 56.2 Å². The second-order valence-corrected chi connectivity index (χ2v) is 6.63. The Hall–Kier alpha value is -1.92. The first-order chi connectivity index (χ1) is 11.5. The Kier molecular flexibility index (Phi) is 5.16. The van der Waals surface area contributed by atoms with E-state index in [2.05, 4.69) is 0 Å². The SMILES string of the molecule is CN(C)CCOc1ccc(N2C(=O)CC3CCC(CC2=O)O3)cc1. The maximum absolute atomic E-state index is 12.5. The fraction of sp³-hybridized carbons (Fsp3) is 0.556. The van der Waals surface area contributed by atoms with Gasteiger partial charge < -0.3 is 14.4 Å². The standard InChI is InChI=1S/C18H24N2O4/c1-19(2)9-10-23-14-5-3-13(4-6-14)20-17(21)11-15-7-8-16(24-15)12-18(20)22/h3-6,15-16H,7-12H2,1-2H3. The number of imide groups is 1. The van der Waals surface area contributed by atoms with Crippen LogP contribution >= 0.6 is 0 Å². The van der Waals surface area contributed by atoms with Crippen molar-refractivity contribution in [2.24, 2.45) is 0 Å². The molecule has 1 aromatic rings. The van der Waals surface area contributed by atoms with Crippen LogP contribution in [0.2, 0.25) is 0 Å². The van der Waals surface area contributed by atoms with Gasteiger partial charge in [-0.3, -0.25) is 14.5 Å². The summed E-state index contributed by atoms with van der Waals surface area (Å²) in [5.41, 5.74) is 0.603. The minimum absolute atomic E-state index is 0.0493. The fourth-order valence-corrected chi connectivity index (χ4v) is 3.12. The summed E-state index contributed by atoms with van der Waals surface area (Å²) in [4.78, 5) is 28.3. The third-order valence-electron chi connectivity index (χ3n) is 4.40. The monoisotopic (exact) mass is 332 g/mol. The molecule has 0 radical (unpaired) electrons. The van der Waals surface area contributed by atoms with Gasteiger partial charge in [-0.05, 0) is 51.2 Å². The smallest absolute Gasteiger partial charge is 0.236 e. The number of benzene rings is 1. The highest BCUT2D eigenvalue weighted by Crippen LogP contribution is 2.30. The molecule has 24 heavy (non-hydrogen) atoms. The summed E-state index contributed by atoms with van der Waals surface area (Å²) in [5.74, 6) is 0.356. The van der Waals surface area contributed by atoms with Gasteiger partial charge in [0, 0.05) is 6.54 Å². The van der Waals surface area contributed by atoms with E-state index in [1.54, 1.807) is 24.3 Å². The van der Waals surface area contributed by atoms with Crippen molar-refractivity contribution in [3.8, 4) is 5.75 Å². The van der Waals surface area contributed by atoms with Crippen LogP contribution in [0.4, 0.5) is 5.69 Å². The van der Waals surface area contributed by atoms with Gasteiger partial charge in [-0.15, -0.1) is 0 Å². The van der Waals surface area contributed by atoms with E-state index in [0.29, 0.717) is 12.3 Å². The Morgan fingerprint density at radius 3 is 2.21 bits per heavy atom. The van der Waals surface area contributed by atoms with Crippen molar-refractivity contribution in [1.29, 1.82) is 0 Å². The van der Waals surface area contributed by atoms with Gasteiger partial charge in [0.15, 0.2) is 0 Å². The van der Waals surface area contributed by atoms with E-state index < -0.39 is 0 Å². The van der Waals surface area contributed by atoms with E-state index in [4.69, 9.17) is 9.47 Å². The summed E-state index contributed by atoms with van der Waals surface area (Å²) in [6.07, 6.45) is 2.15. The van der Waals surface area contributed by atoms with Crippen molar-refractivity contribution in [3.05, 3.63) is 24.3 Å². The maximum Gasteiger partial charge on any atom is 0.236 e. The van der Waals surface area contributed by atoms with Crippen molar-refractivity contribution >= 4 is 17.5 Å². The molecular weight excluding hydrogens is 308 g/mol. The largest absolute Gasteiger partial charge is 0.492 e. The lowest BCUT2D eigenvalue weighted by Gasteiger charge is -2.26. The van der Waals surface area contributed by atoms with Crippen LogP contribution in [0.15, 0.2) is 24.3 Å². The zero-order valence-corrected chi connectivity index (χ0v) is 14.2. The normalized spacial score (nSPS) is 24.2. The lowest BCUT2D eigenvalue weighted by atomic mass is 10.1. The second-order valence-electron chi connectivity index (χ2n) is 6.63. The molecular formula is C18H24N2O4. The molecule has 0 saturated carbocycles. The molecule has 2 unspecified atom stereocenters. The first-order valence-electron chi connectivity index (χ1n) is 8.42. The van der Waals surface area contributed by atoms with Gasteiger partial charge in [-0.2, -0.15) is 0 Å². The highest BCUT2D eigenvalue weighted by Gasteiger charge is 2.36. The highest BCUT2D eigenvalue weighted by molar-refractivity contribution is 6.15. The number of rotatable bonds is 5. The Morgan fingerprint density at radius 2 is 1.67 bits per heavy atom. The number of carbonyl (C=O) groups excluding carboxylic acids is 2. The number of likely N-dealkylation sites (N-methyl/N-ethyl adjacent to an activating group) is 1. The third kappa shape index (κ3) is 3.94. The zero-order valence-electron chi connectivity index (χ0n) is 14.2. The summed E-state index contributed by atoms with van der Waals surface area (Å²) >= 11 is 0. The summed E-state index contributed by atoms with van der Waals surface area (Å²) in [6, 6.07) is 7.14. The molecule has 6 heteroatoms. The van der Waals surface area contributed by atoms with Gasteiger partial charge >= 0.3 is 0 Å². The molecule has 0 N–H and O–H groups in total. The molecule has 2 aliphatic heterocycles. The van der Waals surface area contributed by atoms with Gasteiger partial charge in [0.2, 0.25) is 11.8 Å². The minimum atomic E-state index is -0.188. The van der Waals surface area contributed by atoms with Crippen LogP contribution in [-0.2, 0) is 14.3 Å². The molecule has 6 nitrogen and oxygen atoms in total. The van der Waals surface area contributed by atoms with Gasteiger partial charge in [0.25, 0.3) is 0 Å². The maximum atomic E-state index is 12.5. The lowest BCUT2D eigenvalue weighted by Crippen LogP contribution is -2.42. The average Bonchev–Trinajstić information content (AvgIpc) is 2.96. The number of hydrogen-bond acceptors (Lipinski definition) is 5. The summed E-state index contributed by atoms with van der Waals surface area (Å²) in [7, 11) is 3.98. The summed E-state index contributed by atoms with van der Waals surface area (Å²) < 4.78 is 11.4. The summed E-state index contributed by atoms with van der Waals surface area (Å²) in [5, 5.41) is 0. The van der Waals surface area contributed by atoms with Gasteiger partial charge in [0.1, 0.15) is 12.4 Å². The number of carbonyl (C=O) groups is 2. The Labute approximate surface area is 142 Å². The van der Waals surface area contributed by atoms with Crippen molar-refractivity contribution in [2.45, 2.75) is 37.9 Å². The number of fused-ring (bicyclic) bond motifs is 2. The molecule has 0 aromatic heterocycles. The lowest BCUT2D eigenvalue weighted by molar-refractivity contribution is -0.132. The van der Waals surface area contributed by atoms with E-state index >= 15 is 0 Å². The van der Waals surface area contributed by atoms with Crippen LogP contribution < -0.4 is 9.64 Å². The molecule has 2 fully saturated rings. The van der Waals surface area contributed by atoms with Crippen molar-refractivity contribution < 1.29 is 19.1 Å². The second kappa shape index (κ2) is 7.32. The first kappa shape index (κ1) is 16.9. The molecule has 2 saturated heterocycles. The summed E-state index contributed by atoms with van der Waals surface area (Å²) in [6.45, 7) is 1.42. The highest BCUT2D eigenvalue weighted by atomic mass is 16.5. The van der Waals surface area contributed by atoms with Crippen LogP contribution in [0.25, 0.3) is 0 Å². The molecule has 2 bridgehead atoms. The van der Waals surface area contributed by atoms with E-state index in [1.165, 1.54) is 4.90 Å².